The predicted molar refractivity (Wildman–Crippen MR) is 69.4 cm³/mol. The molecule has 18 heavy (non-hydrogen) atoms. The van der Waals surface area contributed by atoms with Crippen molar-refractivity contribution in [2.24, 2.45) is 0 Å². The minimum absolute atomic E-state index is 0.363. The molecule has 0 saturated carbocycles. The van der Waals surface area contributed by atoms with Crippen molar-refractivity contribution in [1.82, 2.24) is 20.2 Å². The predicted octanol–water partition coefficient (Wildman–Crippen LogP) is 2.16. The molecule has 5 nitrogen and oxygen atoms in total. The van der Waals surface area contributed by atoms with Gasteiger partial charge in [0.1, 0.15) is 12.1 Å². The van der Waals surface area contributed by atoms with Crippen molar-refractivity contribution in [2.45, 2.75) is 32.7 Å². The number of aryl methyl sites for hydroxylation is 2. The summed E-state index contributed by atoms with van der Waals surface area (Å²) in [7, 11) is 0. The molecule has 1 saturated heterocycles. The van der Waals surface area contributed by atoms with Crippen molar-refractivity contribution in [1.29, 1.82) is 0 Å². The first-order chi connectivity index (χ1) is 8.75. The number of hydrogen-bond donors (Lipinski definition) is 1. The van der Waals surface area contributed by atoms with Crippen LogP contribution in [0.5, 0.6) is 0 Å². The van der Waals surface area contributed by atoms with Crippen LogP contribution in [0.25, 0.3) is 0 Å². The highest BCUT2D eigenvalue weighted by molar-refractivity contribution is 5.44. The van der Waals surface area contributed by atoms with Crippen molar-refractivity contribution >= 4 is 5.82 Å². The number of hydrogen-bond acceptors (Lipinski definition) is 4. The largest absolute Gasteiger partial charge is 0.348 e. The van der Waals surface area contributed by atoms with E-state index in [1.807, 2.05) is 19.2 Å². The van der Waals surface area contributed by atoms with Gasteiger partial charge in [0.25, 0.3) is 0 Å². The van der Waals surface area contributed by atoms with Crippen molar-refractivity contribution in [2.75, 3.05) is 11.4 Å². The minimum Gasteiger partial charge on any atom is -0.348 e. The Morgan fingerprint density at radius 1 is 1.33 bits per heavy atom. The highest BCUT2D eigenvalue weighted by Crippen LogP contribution is 2.35. The number of nitrogens with one attached hydrogen (secondary N) is 1. The van der Waals surface area contributed by atoms with Crippen molar-refractivity contribution in [3.8, 4) is 0 Å². The Hall–Kier alpha value is -1.91. The monoisotopic (exact) mass is 243 g/mol. The fraction of sp³-hybridized carbons (Fsp3) is 0.462. The van der Waals surface area contributed by atoms with Crippen LogP contribution < -0.4 is 4.90 Å². The van der Waals surface area contributed by atoms with Crippen molar-refractivity contribution < 1.29 is 0 Å². The lowest BCUT2D eigenvalue weighted by molar-refractivity contribution is 0.678. The fourth-order valence-electron chi connectivity index (χ4n) is 2.63. The van der Waals surface area contributed by atoms with Crippen LogP contribution in [0.15, 0.2) is 18.6 Å². The quantitative estimate of drug-likeness (QED) is 0.878. The van der Waals surface area contributed by atoms with Gasteiger partial charge in [-0.25, -0.2) is 9.97 Å². The molecule has 3 rings (SSSR count). The molecule has 3 heterocycles. The normalized spacial score (nSPS) is 19.4. The second-order valence-corrected chi connectivity index (χ2v) is 4.84. The van der Waals surface area contributed by atoms with Gasteiger partial charge in [-0.05, 0) is 32.3 Å². The maximum Gasteiger partial charge on any atom is 0.132 e. The molecule has 0 amide bonds. The van der Waals surface area contributed by atoms with Gasteiger partial charge in [0.05, 0.1) is 17.9 Å². The zero-order chi connectivity index (χ0) is 12.5. The number of aromatic nitrogens is 4. The van der Waals surface area contributed by atoms with Crippen LogP contribution in [0.4, 0.5) is 5.82 Å². The van der Waals surface area contributed by atoms with E-state index in [4.69, 9.17) is 0 Å². The molecule has 94 valence electrons. The lowest BCUT2D eigenvalue weighted by atomic mass is 10.1. The third-order valence-electron chi connectivity index (χ3n) is 3.54. The number of H-pyrrole nitrogens is 1. The van der Waals surface area contributed by atoms with E-state index >= 15 is 0 Å². The van der Waals surface area contributed by atoms with E-state index in [2.05, 4.69) is 32.0 Å². The van der Waals surface area contributed by atoms with Crippen LogP contribution >= 0.6 is 0 Å². The van der Waals surface area contributed by atoms with Crippen molar-refractivity contribution in [3.63, 3.8) is 0 Å². The van der Waals surface area contributed by atoms with Gasteiger partial charge in [-0.2, -0.15) is 5.10 Å². The highest BCUT2D eigenvalue weighted by atomic mass is 15.3. The molecule has 0 aromatic carbocycles. The average molecular weight is 243 g/mol. The summed E-state index contributed by atoms with van der Waals surface area (Å²) in [6, 6.07) is 2.41. The topological polar surface area (TPSA) is 57.7 Å². The Kier molecular flexibility index (Phi) is 2.74. The summed E-state index contributed by atoms with van der Waals surface area (Å²) < 4.78 is 0. The Balaban J connectivity index is 1.95. The van der Waals surface area contributed by atoms with E-state index in [0.29, 0.717) is 6.04 Å². The molecule has 1 aliphatic heterocycles. The van der Waals surface area contributed by atoms with Gasteiger partial charge in [-0.3, -0.25) is 5.10 Å². The zero-order valence-electron chi connectivity index (χ0n) is 10.7. The molecular weight excluding hydrogens is 226 g/mol. The second-order valence-electron chi connectivity index (χ2n) is 4.84. The summed E-state index contributed by atoms with van der Waals surface area (Å²) in [5.74, 6) is 1.01. The van der Waals surface area contributed by atoms with Crippen LogP contribution in [0, 0.1) is 13.8 Å². The average Bonchev–Trinajstić information content (AvgIpc) is 2.96. The summed E-state index contributed by atoms with van der Waals surface area (Å²) in [6.45, 7) is 5.14. The standard InChI is InChI=1S/C13H17N5/c1-9-7-16-17-13(9)11-4-3-5-18(11)12-6-10(2)14-8-15-12/h6-8,11H,3-5H2,1-2H3,(H,16,17). The van der Waals surface area contributed by atoms with Gasteiger partial charge in [0.2, 0.25) is 0 Å². The first-order valence-corrected chi connectivity index (χ1v) is 6.31. The molecular formula is C13H17N5. The summed E-state index contributed by atoms with van der Waals surface area (Å²) in [4.78, 5) is 10.9. The maximum atomic E-state index is 4.39. The highest BCUT2D eigenvalue weighted by Gasteiger charge is 2.29. The molecule has 1 fully saturated rings. The van der Waals surface area contributed by atoms with Gasteiger partial charge in [-0.1, -0.05) is 0 Å². The van der Waals surface area contributed by atoms with E-state index in [1.165, 1.54) is 17.7 Å². The van der Waals surface area contributed by atoms with E-state index < -0.39 is 0 Å². The summed E-state index contributed by atoms with van der Waals surface area (Å²) in [6.07, 6.45) is 5.86. The molecule has 0 radical (unpaired) electrons. The molecule has 1 unspecified atom stereocenters. The molecule has 0 aliphatic carbocycles. The first-order valence-electron chi connectivity index (χ1n) is 6.31. The van der Waals surface area contributed by atoms with E-state index in [-0.39, 0.29) is 0 Å². The second kappa shape index (κ2) is 4.40. The molecule has 2 aromatic rings. The van der Waals surface area contributed by atoms with Crippen LogP contribution in [-0.2, 0) is 0 Å². The molecule has 5 heteroatoms. The molecule has 1 aliphatic rings. The Labute approximate surface area is 106 Å². The number of nitrogens with zero attached hydrogens (tertiary/aromatic N) is 4. The zero-order valence-corrected chi connectivity index (χ0v) is 10.7. The Morgan fingerprint density at radius 2 is 2.22 bits per heavy atom. The molecule has 1 N–H and O–H groups in total. The fourth-order valence-corrected chi connectivity index (χ4v) is 2.63. The first kappa shape index (κ1) is 11.2. The number of aromatic amines is 1. The van der Waals surface area contributed by atoms with Gasteiger partial charge >= 0.3 is 0 Å². The number of anilines is 1. The molecule has 0 spiro atoms. The molecule has 1 atom stereocenters. The number of rotatable bonds is 2. The smallest absolute Gasteiger partial charge is 0.132 e. The maximum absolute atomic E-state index is 4.39. The SMILES string of the molecule is Cc1cc(N2CCCC2c2[nH]ncc2C)ncn1. The van der Waals surface area contributed by atoms with Gasteiger partial charge in [0.15, 0.2) is 0 Å². The summed E-state index contributed by atoms with van der Waals surface area (Å²) in [5, 5.41) is 7.25. The lowest BCUT2D eigenvalue weighted by Crippen LogP contribution is -2.24. The van der Waals surface area contributed by atoms with Crippen LogP contribution in [0.2, 0.25) is 0 Å². The van der Waals surface area contributed by atoms with Crippen LogP contribution in [-0.4, -0.2) is 26.7 Å². The third kappa shape index (κ3) is 1.85. The Bertz CT molecular complexity index is 548. The van der Waals surface area contributed by atoms with Crippen LogP contribution in [0.1, 0.15) is 35.8 Å². The minimum atomic E-state index is 0.363. The van der Waals surface area contributed by atoms with E-state index in [0.717, 1.165) is 24.5 Å². The molecule has 0 bridgehead atoms. The van der Waals surface area contributed by atoms with E-state index in [1.54, 1.807) is 6.33 Å². The summed E-state index contributed by atoms with van der Waals surface area (Å²) >= 11 is 0. The van der Waals surface area contributed by atoms with Gasteiger partial charge in [-0.15, -0.1) is 0 Å². The van der Waals surface area contributed by atoms with Crippen LogP contribution in [0.3, 0.4) is 0 Å². The summed E-state index contributed by atoms with van der Waals surface area (Å²) in [5.41, 5.74) is 3.44. The Morgan fingerprint density at radius 3 is 2.94 bits per heavy atom. The van der Waals surface area contributed by atoms with Gasteiger partial charge < -0.3 is 4.90 Å². The van der Waals surface area contributed by atoms with Crippen molar-refractivity contribution in [3.05, 3.63) is 35.5 Å². The van der Waals surface area contributed by atoms with Gasteiger partial charge in [0, 0.05) is 18.3 Å². The lowest BCUT2D eigenvalue weighted by Gasteiger charge is -2.25. The third-order valence-corrected chi connectivity index (χ3v) is 3.54. The molecule has 2 aromatic heterocycles. The van der Waals surface area contributed by atoms with E-state index in [9.17, 15) is 0 Å².